The molecule has 218 valence electrons. The molecule has 0 aliphatic heterocycles. The second-order valence-electron chi connectivity index (χ2n) is 12.5. The van der Waals surface area contributed by atoms with Crippen LogP contribution >= 0.6 is 0 Å². The zero-order chi connectivity index (χ0) is 35.0. The number of imidazole rings is 1. The third-order valence-corrected chi connectivity index (χ3v) is 9.61. The lowest BCUT2D eigenvalue weighted by Crippen LogP contribution is -2.48. The molecule has 0 saturated heterocycles. The van der Waals surface area contributed by atoms with E-state index in [1.54, 1.807) is 0 Å². The summed E-state index contributed by atoms with van der Waals surface area (Å²) in [6, 6.07) is 34.0. The monoisotopic (exact) mass is 622 g/mol. The van der Waals surface area contributed by atoms with Crippen molar-refractivity contribution >= 4 is 126 Å². The summed E-state index contributed by atoms with van der Waals surface area (Å²) in [4.78, 5) is 4.82. The van der Waals surface area contributed by atoms with Crippen LogP contribution < -0.4 is 38.2 Å². The molecular formula is C40H21B7N2O. The fourth-order valence-corrected chi connectivity index (χ4v) is 7.18. The molecule has 0 spiro atoms. The summed E-state index contributed by atoms with van der Waals surface area (Å²) >= 11 is 0. The standard InChI is InChI=1S/C40H21B7N2O/c1-19-48-25-14-8-9-15-26(25)49(19)39-30-28(32(41)35(44)36(45)34(30)43)27(29-31(39)40(50)38(47)37(46)33(29)42)24-17-22(20-10-4-2-5-11-20)16-23(18-24)21-12-6-3-7-13-21/h2-18,50H,1H3. The number of para-hydroxylation sites is 2. The Balaban J connectivity index is 1.67. The number of phenolic OH excluding ortho intramolecular Hbond substituents is 1. The summed E-state index contributed by atoms with van der Waals surface area (Å²) in [5.41, 5.74) is 7.81. The summed E-state index contributed by atoms with van der Waals surface area (Å²) < 4.78 is 1.90. The zero-order valence-electron chi connectivity index (χ0n) is 27.2. The predicted octanol–water partition coefficient (Wildman–Crippen LogP) is 1.90. The van der Waals surface area contributed by atoms with E-state index in [2.05, 4.69) is 18.2 Å². The van der Waals surface area contributed by atoms with Crippen molar-refractivity contribution in [3.8, 4) is 44.8 Å². The third kappa shape index (κ3) is 4.72. The highest BCUT2D eigenvalue weighted by molar-refractivity contribution is 6.69. The van der Waals surface area contributed by atoms with E-state index in [0.29, 0.717) is 38.6 Å². The number of aromatic hydroxyl groups is 1. The van der Waals surface area contributed by atoms with Crippen molar-refractivity contribution in [1.29, 1.82) is 0 Å². The zero-order valence-corrected chi connectivity index (χ0v) is 27.2. The van der Waals surface area contributed by atoms with Crippen molar-refractivity contribution in [3.05, 3.63) is 109 Å². The van der Waals surface area contributed by atoms with Crippen LogP contribution in [0, 0.1) is 6.92 Å². The van der Waals surface area contributed by atoms with Gasteiger partial charge in [0, 0.05) is 5.39 Å². The Morgan fingerprint density at radius 2 is 0.940 bits per heavy atom. The van der Waals surface area contributed by atoms with E-state index in [1.165, 1.54) is 0 Å². The molecule has 14 radical (unpaired) electrons. The number of fused-ring (bicyclic) bond motifs is 3. The Morgan fingerprint density at radius 3 is 1.52 bits per heavy atom. The van der Waals surface area contributed by atoms with Crippen molar-refractivity contribution < 1.29 is 5.11 Å². The van der Waals surface area contributed by atoms with Crippen molar-refractivity contribution in [2.45, 2.75) is 6.92 Å². The molecule has 3 nitrogen and oxygen atoms in total. The van der Waals surface area contributed by atoms with E-state index in [1.807, 2.05) is 96.4 Å². The van der Waals surface area contributed by atoms with E-state index < -0.39 is 0 Å². The van der Waals surface area contributed by atoms with E-state index in [4.69, 9.17) is 59.9 Å². The normalized spacial score (nSPS) is 11.5. The molecule has 50 heavy (non-hydrogen) atoms. The highest BCUT2D eigenvalue weighted by Crippen LogP contribution is 2.44. The maximum absolute atomic E-state index is 12.1. The molecule has 10 heteroatoms. The van der Waals surface area contributed by atoms with Crippen LogP contribution in [0.5, 0.6) is 5.75 Å². The van der Waals surface area contributed by atoms with Gasteiger partial charge in [-0.2, -0.15) is 0 Å². The molecular weight excluding hydrogens is 600 g/mol. The van der Waals surface area contributed by atoms with Gasteiger partial charge in [0.25, 0.3) is 0 Å². The van der Waals surface area contributed by atoms with Crippen LogP contribution in [0.15, 0.2) is 103 Å². The summed E-state index contributed by atoms with van der Waals surface area (Å²) in [6.07, 6.45) is 0. The Labute approximate surface area is 300 Å². The van der Waals surface area contributed by atoms with Crippen LogP contribution in [0.3, 0.4) is 0 Å². The largest absolute Gasteiger partial charge is 0.508 e. The lowest BCUT2D eigenvalue weighted by Gasteiger charge is -2.28. The van der Waals surface area contributed by atoms with Crippen molar-refractivity contribution in [3.63, 3.8) is 0 Å². The first-order valence-corrected chi connectivity index (χ1v) is 16.0. The molecule has 0 saturated carbocycles. The fourth-order valence-electron chi connectivity index (χ4n) is 7.18. The maximum atomic E-state index is 12.1. The summed E-state index contributed by atoms with van der Waals surface area (Å²) in [5, 5.41) is 13.7. The Morgan fingerprint density at radius 1 is 0.480 bits per heavy atom. The van der Waals surface area contributed by atoms with Crippen LogP contribution in [0.2, 0.25) is 0 Å². The average Bonchev–Trinajstić information content (AvgIpc) is 3.48. The van der Waals surface area contributed by atoms with Gasteiger partial charge >= 0.3 is 0 Å². The van der Waals surface area contributed by atoms with E-state index in [-0.39, 0.29) is 44.0 Å². The first-order valence-electron chi connectivity index (χ1n) is 16.0. The minimum Gasteiger partial charge on any atom is -0.508 e. The van der Waals surface area contributed by atoms with Crippen LogP contribution in [0.1, 0.15) is 5.82 Å². The number of benzene rings is 7. The molecule has 0 bridgehead atoms. The number of aromatic nitrogens is 2. The Kier molecular flexibility index (Phi) is 7.67. The molecule has 0 amide bonds. The second kappa shape index (κ2) is 12.0. The van der Waals surface area contributed by atoms with Crippen molar-refractivity contribution in [1.82, 2.24) is 9.55 Å². The quantitative estimate of drug-likeness (QED) is 0.241. The molecule has 8 rings (SSSR count). The lowest BCUT2D eigenvalue weighted by molar-refractivity contribution is 0.486. The van der Waals surface area contributed by atoms with Gasteiger partial charge in [-0.25, -0.2) is 4.98 Å². The number of hydrogen-bond donors (Lipinski definition) is 1. The number of nitrogens with zero attached hydrogens (tertiary/aromatic N) is 2. The van der Waals surface area contributed by atoms with Gasteiger partial charge in [-0.1, -0.05) is 94.6 Å². The lowest BCUT2D eigenvalue weighted by atomic mass is 9.62. The summed E-state index contributed by atoms with van der Waals surface area (Å²) in [5.74, 6) is 0.346. The Bertz CT molecular complexity index is 2550. The minimum absolute atomic E-state index is 0.0335. The van der Waals surface area contributed by atoms with Gasteiger partial charge < -0.3 is 5.11 Å². The molecule has 0 fully saturated rings. The highest BCUT2D eigenvalue weighted by Gasteiger charge is 2.27. The summed E-state index contributed by atoms with van der Waals surface area (Å²) in [6.45, 7) is 1.86. The molecule has 8 aromatic rings. The fraction of sp³-hybridized carbons (Fsp3) is 0.0250. The van der Waals surface area contributed by atoms with Crippen LogP contribution in [0.4, 0.5) is 0 Å². The SMILES string of the molecule is [B]c1c([B])c([B])c2c(-n3c(C)nc4ccccc43)c3c(O)c([B])c([B])c([B])c3c(-c3cc(-c4ccccc4)cc(-c4ccccc4)c3)c2c1[B]. The molecule has 0 aliphatic carbocycles. The van der Waals surface area contributed by atoms with Gasteiger partial charge in [-0.15, -0.1) is 16.4 Å². The van der Waals surface area contributed by atoms with Gasteiger partial charge in [-0.3, -0.25) is 4.57 Å². The Hall–Kier alpha value is -5.22. The predicted molar refractivity (Wildman–Crippen MR) is 217 cm³/mol. The smallest absolute Gasteiger partial charge is 0.118 e. The maximum Gasteiger partial charge on any atom is 0.118 e. The number of phenols is 1. The van der Waals surface area contributed by atoms with Crippen LogP contribution in [0.25, 0.3) is 71.6 Å². The van der Waals surface area contributed by atoms with Gasteiger partial charge in [0.15, 0.2) is 0 Å². The van der Waals surface area contributed by atoms with Crippen LogP contribution in [-0.4, -0.2) is 69.6 Å². The van der Waals surface area contributed by atoms with E-state index >= 15 is 0 Å². The minimum atomic E-state index is -0.266. The second-order valence-corrected chi connectivity index (χ2v) is 12.5. The topological polar surface area (TPSA) is 38.0 Å². The average molecular weight is 621 g/mol. The van der Waals surface area contributed by atoms with Gasteiger partial charge in [0.05, 0.1) is 16.7 Å². The third-order valence-electron chi connectivity index (χ3n) is 9.61. The molecule has 1 N–H and O–H groups in total. The van der Waals surface area contributed by atoms with Crippen molar-refractivity contribution in [2.24, 2.45) is 0 Å². The first-order chi connectivity index (χ1) is 24.1. The molecule has 0 atom stereocenters. The van der Waals surface area contributed by atoms with E-state index in [0.717, 1.165) is 38.9 Å². The molecule has 7 aromatic carbocycles. The number of aryl methyl sites for hydroxylation is 1. The van der Waals surface area contributed by atoms with Gasteiger partial charge in [0.2, 0.25) is 0 Å². The van der Waals surface area contributed by atoms with Gasteiger partial charge in [0.1, 0.15) is 66.5 Å². The molecule has 1 aromatic heterocycles. The molecule has 0 aliphatic rings. The van der Waals surface area contributed by atoms with E-state index in [9.17, 15) is 5.11 Å². The summed E-state index contributed by atoms with van der Waals surface area (Å²) in [7, 11) is 47.2. The first kappa shape index (κ1) is 32.0. The number of hydrogen-bond acceptors (Lipinski definition) is 2. The molecule has 0 unspecified atom stereocenters. The van der Waals surface area contributed by atoms with Gasteiger partial charge in [-0.05, 0) is 86.8 Å². The van der Waals surface area contributed by atoms with Crippen LogP contribution in [-0.2, 0) is 0 Å². The van der Waals surface area contributed by atoms with Crippen molar-refractivity contribution in [2.75, 3.05) is 0 Å². The number of rotatable bonds is 4. The molecule has 1 heterocycles. The highest BCUT2D eigenvalue weighted by atomic mass is 16.3.